The summed E-state index contributed by atoms with van der Waals surface area (Å²) < 4.78 is 4.60. The number of aliphatic hydroxyl groups is 1. The molecule has 0 amide bonds. The summed E-state index contributed by atoms with van der Waals surface area (Å²) in [6.07, 6.45) is 0. The standard InChI is InChI=1S/C11H15N3O3/c1-7-3-9(14-4-8(5-14)6-15)13-10(12-7)11(16)17-2/h3,8,15H,4-6H2,1-2H3. The van der Waals surface area contributed by atoms with E-state index in [1.165, 1.54) is 7.11 Å². The largest absolute Gasteiger partial charge is 0.463 e. The highest BCUT2D eigenvalue weighted by Crippen LogP contribution is 2.22. The number of esters is 1. The lowest BCUT2D eigenvalue weighted by molar-refractivity contribution is 0.0586. The Bertz CT molecular complexity index is 430. The normalized spacial score (nSPS) is 15.6. The Morgan fingerprint density at radius 2 is 2.29 bits per heavy atom. The van der Waals surface area contributed by atoms with Gasteiger partial charge in [-0.3, -0.25) is 0 Å². The molecule has 92 valence electrons. The third kappa shape index (κ3) is 2.36. The number of methoxy groups -OCH3 is 1. The molecule has 1 aromatic rings. The summed E-state index contributed by atoms with van der Waals surface area (Å²) >= 11 is 0. The molecular formula is C11H15N3O3. The molecule has 6 nitrogen and oxygen atoms in total. The average molecular weight is 237 g/mol. The minimum Gasteiger partial charge on any atom is -0.463 e. The Kier molecular flexibility index (Phi) is 3.23. The van der Waals surface area contributed by atoms with Crippen molar-refractivity contribution in [1.29, 1.82) is 0 Å². The van der Waals surface area contributed by atoms with Gasteiger partial charge in [0, 0.05) is 37.4 Å². The van der Waals surface area contributed by atoms with Crippen molar-refractivity contribution in [3.63, 3.8) is 0 Å². The van der Waals surface area contributed by atoms with E-state index >= 15 is 0 Å². The molecule has 0 radical (unpaired) electrons. The van der Waals surface area contributed by atoms with Gasteiger partial charge in [0.25, 0.3) is 0 Å². The van der Waals surface area contributed by atoms with Gasteiger partial charge in [0.15, 0.2) is 0 Å². The van der Waals surface area contributed by atoms with Crippen molar-refractivity contribution in [2.24, 2.45) is 5.92 Å². The van der Waals surface area contributed by atoms with E-state index < -0.39 is 5.97 Å². The molecule has 1 N–H and O–H groups in total. The lowest BCUT2D eigenvalue weighted by Gasteiger charge is -2.39. The maximum Gasteiger partial charge on any atom is 0.376 e. The average Bonchev–Trinajstić information content (AvgIpc) is 2.26. The van der Waals surface area contributed by atoms with Gasteiger partial charge in [-0.15, -0.1) is 0 Å². The lowest BCUT2D eigenvalue weighted by atomic mass is 10.0. The van der Waals surface area contributed by atoms with E-state index in [2.05, 4.69) is 14.7 Å². The SMILES string of the molecule is COC(=O)c1nc(C)cc(N2CC(CO)C2)n1. The Labute approximate surface area is 99.2 Å². The first kappa shape index (κ1) is 11.8. The highest BCUT2D eigenvalue weighted by atomic mass is 16.5. The van der Waals surface area contributed by atoms with Crippen LogP contribution < -0.4 is 4.90 Å². The fraction of sp³-hybridized carbons (Fsp3) is 0.545. The zero-order valence-corrected chi connectivity index (χ0v) is 9.88. The molecule has 2 rings (SSSR count). The Balaban J connectivity index is 2.18. The highest BCUT2D eigenvalue weighted by molar-refractivity contribution is 5.85. The predicted octanol–water partition coefficient (Wildman–Crippen LogP) is 0.000120. The third-order valence-corrected chi connectivity index (χ3v) is 2.75. The zero-order chi connectivity index (χ0) is 12.4. The predicted molar refractivity (Wildman–Crippen MR) is 60.9 cm³/mol. The number of aromatic nitrogens is 2. The van der Waals surface area contributed by atoms with E-state index in [-0.39, 0.29) is 12.4 Å². The number of hydrogen-bond acceptors (Lipinski definition) is 6. The molecule has 0 saturated carbocycles. The number of hydrogen-bond donors (Lipinski definition) is 1. The summed E-state index contributed by atoms with van der Waals surface area (Å²) in [5.74, 6) is 0.554. The fourth-order valence-corrected chi connectivity index (χ4v) is 1.77. The second-order valence-corrected chi connectivity index (χ2v) is 4.14. The zero-order valence-electron chi connectivity index (χ0n) is 9.88. The van der Waals surface area contributed by atoms with E-state index in [1.807, 2.05) is 11.0 Å². The Morgan fingerprint density at radius 1 is 1.59 bits per heavy atom. The second kappa shape index (κ2) is 4.67. The van der Waals surface area contributed by atoms with Gasteiger partial charge in [-0.1, -0.05) is 0 Å². The van der Waals surface area contributed by atoms with E-state index in [1.54, 1.807) is 6.92 Å². The summed E-state index contributed by atoms with van der Waals surface area (Å²) in [6.45, 7) is 3.51. The van der Waals surface area contributed by atoms with Gasteiger partial charge in [-0.05, 0) is 6.92 Å². The number of carbonyl (C=O) groups excluding carboxylic acids is 1. The van der Waals surface area contributed by atoms with Gasteiger partial charge in [0.1, 0.15) is 5.82 Å². The molecule has 0 atom stereocenters. The van der Waals surface area contributed by atoms with Gasteiger partial charge >= 0.3 is 5.97 Å². The highest BCUT2D eigenvalue weighted by Gasteiger charge is 2.28. The lowest BCUT2D eigenvalue weighted by Crippen LogP contribution is -2.49. The van der Waals surface area contributed by atoms with Crippen LogP contribution in [0, 0.1) is 12.8 Å². The first-order valence-electron chi connectivity index (χ1n) is 5.44. The van der Waals surface area contributed by atoms with Crippen LogP contribution in [0.5, 0.6) is 0 Å². The van der Waals surface area contributed by atoms with Gasteiger partial charge < -0.3 is 14.7 Å². The summed E-state index contributed by atoms with van der Waals surface area (Å²) in [6, 6.07) is 1.82. The molecule has 1 aromatic heterocycles. The first-order chi connectivity index (χ1) is 8.13. The molecular weight excluding hydrogens is 222 g/mol. The van der Waals surface area contributed by atoms with Crippen molar-refractivity contribution in [2.75, 3.05) is 31.7 Å². The first-order valence-corrected chi connectivity index (χ1v) is 5.44. The van der Waals surface area contributed by atoms with E-state index in [0.717, 1.165) is 18.8 Å². The quantitative estimate of drug-likeness (QED) is 0.746. The molecule has 0 aromatic carbocycles. The van der Waals surface area contributed by atoms with Gasteiger partial charge in [-0.25, -0.2) is 14.8 Å². The van der Waals surface area contributed by atoms with Crippen LogP contribution in [0.2, 0.25) is 0 Å². The summed E-state index contributed by atoms with van der Waals surface area (Å²) in [7, 11) is 1.30. The number of nitrogens with zero attached hydrogens (tertiary/aromatic N) is 3. The number of ether oxygens (including phenoxy) is 1. The molecule has 0 spiro atoms. The summed E-state index contributed by atoms with van der Waals surface area (Å²) in [5, 5.41) is 8.95. The van der Waals surface area contributed by atoms with Crippen LogP contribution >= 0.6 is 0 Å². The third-order valence-electron chi connectivity index (χ3n) is 2.75. The van der Waals surface area contributed by atoms with Gasteiger partial charge in [0.2, 0.25) is 5.82 Å². The van der Waals surface area contributed by atoms with Crippen LogP contribution in [0.3, 0.4) is 0 Å². The molecule has 2 heterocycles. The second-order valence-electron chi connectivity index (χ2n) is 4.14. The maximum atomic E-state index is 11.4. The topological polar surface area (TPSA) is 75.5 Å². The van der Waals surface area contributed by atoms with Crippen molar-refractivity contribution >= 4 is 11.8 Å². The smallest absolute Gasteiger partial charge is 0.376 e. The minimum absolute atomic E-state index is 0.0787. The molecule has 6 heteroatoms. The van der Waals surface area contributed by atoms with Crippen molar-refractivity contribution in [1.82, 2.24) is 9.97 Å². The van der Waals surface area contributed by atoms with Crippen LogP contribution in [0.25, 0.3) is 0 Å². The fourth-order valence-electron chi connectivity index (χ4n) is 1.77. The van der Waals surface area contributed by atoms with Crippen molar-refractivity contribution < 1.29 is 14.6 Å². The van der Waals surface area contributed by atoms with Gasteiger partial charge in [0.05, 0.1) is 7.11 Å². The molecule has 0 bridgehead atoms. The van der Waals surface area contributed by atoms with Crippen LogP contribution in [-0.4, -0.2) is 47.8 Å². The number of carbonyl (C=O) groups is 1. The van der Waals surface area contributed by atoms with Gasteiger partial charge in [-0.2, -0.15) is 0 Å². The molecule has 1 saturated heterocycles. The Morgan fingerprint density at radius 3 is 2.88 bits per heavy atom. The van der Waals surface area contributed by atoms with Crippen molar-refractivity contribution in [2.45, 2.75) is 6.92 Å². The molecule has 17 heavy (non-hydrogen) atoms. The van der Waals surface area contributed by atoms with E-state index in [0.29, 0.717) is 11.7 Å². The number of anilines is 1. The van der Waals surface area contributed by atoms with Crippen LogP contribution in [-0.2, 0) is 4.74 Å². The van der Waals surface area contributed by atoms with Crippen molar-refractivity contribution in [3.8, 4) is 0 Å². The van der Waals surface area contributed by atoms with Crippen LogP contribution in [0.15, 0.2) is 6.07 Å². The maximum absolute atomic E-state index is 11.4. The van der Waals surface area contributed by atoms with E-state index in [9.17, 15) is 4.79 Å². The van der Waals surface area contributed by atoms with Crippen LogP contribution in [0.4, 0.5) is 5.82 Å². The summed E-state index contributed by atoms with van der Waals surface area (Å²) in [5.41, 5.74) is 0.725. The molecule has 1 aliphatic heterocycles. The van der Waals surface area contributed by atoms with E-state index in [4.69, 9.17) is 5.11 Å². The van der Waals surface area contributed by atoms with Crippen LogP contribution in [0.1, 0.15) is 16.3 Å². The molecule has 0 unspecified atom stereocenters. The molecule has 1 aliphatic rings. The Hall–Kier alpha value is -1.69. The van der Waals surface area contributed by atoms with Crippen molar-refractivity contribution in [3.05, 3.63) is 17.6 Å². The summed E-state index contributed by atoms with van der Waals surface area (Å²) in [4.78, 5) is 21.5. The number of rotatable bonds is 3. The monoisotopic (exact) mass is 237 g/mol. The minimum atomic E-state index is -0.533. The molecule has 0 aliphatic carbocycles. The number of aliphatic hydroxyl groups excluding tert-OH is 1. The molecule has 1 fully saturated rings. The number of aryl methyl sites for hydroxylation is 1.